The molecule has 112 valence electrons. The Labute approximate surface area is 125 Å². The smallest absolute Gasteiger partial charge is 0.261 e. The van der Waals surface area contributed by atoms with Crippen molar-refractivity contribution >= 4 is 25.6 Å². The van der Waals surface area contributed by atoms with Gasteiger partial charge in [-0.05, 0) is 36.6 Å². The van der Waals surface area contributed by atoms with Crippen LogP contribution >= 0.6 is 10.7 Å². The molecule has 0 saturated heterocycles. The number of aryl methyl sites for hydroxylation is 1. The normalized spacial score (nSPS) is 13.1. The molecule has 0 fully saturated rings. The summed E-state index contributed by atoms with van der Waals surface area (Å²) in [5, 5.41) is 0. The van der Waals surface area contributed by atoms with Gasteiger partial charge in [-0.25, -0.2) is 8.42 Å². The molecule has 0 heterocycles. The predicted molar refractivity (Wildman–Crippen MR) is 80.6 cm³/mol. The summed E-state index contributed by atoms with van der Waals surface area (Å²) in [5.74, 6) is 0.195. The maximum absolute atomic E-state index is 12.3. The molecule has 1 unspecified atom stereocenters. The maximum atomic E-state index is 12.3. The summed E-state index contributed by atoms with van der Waals surface area (Å²) in [5.41, 5.74) is 1.03. The van der Waals surface area contributed by atoms with E-state index < -0.39 is 9.05 Å². The van der Waals surface area contributed by atoms with Crippen LogP contribution in [0.3, 0.4) is 0 Å². The van der Waals surface area contributed by atoms with Crippen molar-refractivity contribution < 1.29 is 13.2 Å². The first kappa shape index (κ1) is 17.0. The van der Waals surface area contributed by atoms with E-state index in [1.807, 2.05) is 0 Å². The molecule has 0 radical (unpaired) electrons. The Kier molecular flexibility index (Phi) is 5.59. The van der Waals surface area contributed by atoms with Crippen molar-refractivity contribution in [3.63, 3.8) is 0 Å². The van der Waals surface area contributed by atoms with Crippen LogP contribution in [-0.2, 0) is 9.05 Å². The first-order valence-corrected chi connectivity index (χ1v) is 8.78. The Morgan fingerprint density at radius 1 is 1.35 bits per heavy atom. The minimum Gasteiger partial charge on any atom is -0.341 e. The van der Waals surface area contributed by atoms with Gasteiger partial charge in [0.05, 0.1) is 4.90 Å². The number of nitrogens with zero attached hydrogens (tertiary/aromatic N) is 1. The second-order valence-corrected chi connectivity index (χ2v) is 7.74. The third-order valence-electron chi connectivity index (χ3n) is 3.21. The highest BCUT2D eigenvalue weighted by Crippen LogP contribution is 2.20. The lowest BCUT2D eigenvalue weighted by Crippen LogP contribution is -2.31. The number of amides is 1. The summed E-state index contributed by atoms with van der Waals surface area (Å²) in [4.78, 5) is 13.9. The molecule has 1 amide bonds. The fraction of sp³-hybridized carbons (Fsp3) is 0.500. The number of halogens is 1. The van der Waals surface area contributed by atoms with Crippen LogP contribution < -0.4 is 0 Å². The minimum atomic E-state index is -3.83. The van der Waals surface area contributed by atoms with E-state index >= 15 is 0 Å². The molecule has 0 spiro atoms. The van der Waals surface area contributed by atoms with Crippen molar-refractivity contribution in [2.24, 2.45) is 5.92 Å². The van der Waals surface area contributed by atoms with Crippen molar-refractivity contribution in [1.82, 2.24) is 4.90 Å². The Morgan fingerprint density at radius 3 is 2.45 bits per heavy atom. The Bertz CT molecular complexity index is 598. The summed E-state index contributed by atoms with van der Waals surface area (Å²) in [6, 6.07) is 4.44. The van der Waals surface area contributed by atoms with Crippen LogP contribution in [-0.4, -0.2) is 32.8 Å². The summed E-state index contributed by atoms with van der Waals surface area (Å²) >= 11 is 0. The van der Waals surface area contributed by atoms with E-state index in [1.54, 1.807) is 24.9 Å². The highest BCUT2D eigenvalue weighted by Gasteiger charge is 2.18. The van der Waals surface area contributed by atoms with E-state index in [1.165, 1.54) is 12.1 Å². The first-order chi connectivity index (χ1) is 9.15. The zero-order valence-electron chi connectivity index (χ0n) is 12.2. The van der Waals surface area contributed by atoms with Crippen LogP contribution in [0, 0.1) is 12.8 Å². The van der Waals surface area contributed by atoms with Gasteiger partial charge in [0.25, 0.3) is 15.0 Å². The maximum Gasteiger partial charge on any atom is 0.261 e. The lowest BCUT2D eigenvalue weighted by Gasteiger charge is -2.21. The van der Waals surface area contributed by atoms with E-state index in [9.17, 15) is 13.2 Å². The molecule has 1 atom stereocenters. The molecule has 1 aromatic carbocycles. The van der Waals surface area contributed by atoms with Gasteiger partial charge in [-0.15, -0.1) is 0 Å². The predicted octanol–water partition coefficient (Wildman–Crippen LogP) is 3.04. The lowest BCUT2D eigenvalue weighted by molar-refractivity contribution is 0.0774. The van der Waals surface area contributed by atoms with Gasteiger partial charge in [0, 0.05) is 29.8 Å². The molecule has 0 N–H and O–H groups in total. The highest BCUT2D eigenvalue weighted by atomic mass is 35.7. The molecule has 0 bridgehead atoms. The van der Waals surface area contributed by atoms with Crippen LogP contribution in [0.1, 0.15) is 36.2 Å². The average molecular weight is 318 g/mol. The molecule has 0 aliphatic carbocycles. The number of hydrogen-bond donors (Lipinski definition) is 0. The first-order valence-electron chi connectivity index (χ1n) is 6.47. The van der Waals surface area contributed by atoms with Crippen molar-refractivity contribution in [3.8, 4) is 0 Å². The van der Waals surface area contributed by atoms with Gasteiger partial charge in [-0.1, -0.05) is 20.3 Å². The van der Waals surface area contributed by atoms with Gasteiger partial charge >= 0.3 is 0 Å². The molecule has 0 aliphatic heterocycles. The average Bonchev–Trinajstić information content (AvgIpc) is 2.35. The lowest BCUT2D eigenvalue weighted by atomic mass is 10.1. The van der Waals surface area contributed by atoms with Crippen LogP contribution in [0.5, 0.6) is 0 Å². The summed E-state index contributed by atoms with van der Waals surface area (Å²) in [6.07, 6.45) is 0.979. The van der Waals surface area contributed by atoms with Crippen LogP contribution in [0.15, 0.2) is 23.1 Å². The fourth-order valence-electron chi connectivity index (χ4n) is 1.91. The van der Waals surface area contributed by atoms with E-state index in [0.29, 0.717) is 23.6 Å². The largest absolute Gasteiger partial charge is 0.341 e. The van der Waals surface area contributed by atoms with E-state index in [0.717, 1.165) is 6.42 Å². The zero-order chi connectivity index (χ0) is 15.5. The molecular weight excluding hydrogens is 298 g/mol. The van der Waals surface area contributed by atoms with Crippen molar-refractivity contribution in [1.29, 1.82) is 0 Å². The molecule has 1 aromatic rings. The third kappa shape index (κ3) is 4.49. The van der Waals surface area contributed by atoms with E-state index in [4.69, 9.17) is 10.7 Å². The minimum absolute atomic E-state index is 0.0422. The number of rotatable bonds is 5. The van der Waals surface area contributed by atoms with Gasteiger partial charge < -0.3 is 4.90 Å². The highest BCUT2D eigenvalue weighted by molar-refractivity contribution is 8.13. The second-order valence-electron chi connectivity index (χ2n) is 5.17. The second kappa shape index (κ2) is 6.59. The monoisotopic (exact) mass is 317 g/mol. The third-order valence-corrected chi connectivity index (χ3v) is 4.54. The molecule has 6 heteroatoms. The number of carbonyl (C=O) groups excluding carboxylic acids is 1. The Hall–Kier alpha value is -1.07. The van der Waals surface area contributed by atoms with Gasteiger partial charge in [0.2, 0.25) is 0 Å². The summed E-state index contributed by atoms with van der Waals surface area (Å²) in [6.45, 7) is 6.49. The quantitative estimate of drug-likeness (QED) is 0.784. The van der Waals surface area contributed by atoms with Crippen LogP contribution in [0.25, 0.3) is 0 Å². The molecule has 0 aromatic heterocycles. The van der Waals surface area contributed by atoms with Gasteiger partial charge in [-0.2, -0.15) is 0 Å². The number of hydrogen-bond acceptors (Lipinski definition) is 3. The molecule has 1 rings (SSSR count). The van der Waals surface area contributed by atoms with Crippen molar-refractivity contribution in [2.45, 2.75) is 32.1 Å². The number of carbonyl (C=O) groups is 1. The topological polar surface area (TPSA) is 54.5 Å². The SMILES string of the molecule is CCC(C)CN(C)C(=O)c1cc(C)cc(S(=O)(=O)Cl)c1. The Morgan fingerprint density at radius 2 is 1.95 bits per heavy atom. The van der Waals surface area contributed by atoms with Crippen molar-refractivity contribution in [3.05, 3.63) is 29.3 Å². The Balaban J connectivity index is 3.08. The standard InChI is InChI=1S/C14H20ClNO3S/c1-5-10(2)9-16(4)14(17)12-6-11(3)7-13(8-12)20(15,18)19/h6-8,10H,5,9H2,1-4H3. The van der Waals surface area contributed by atoms with Crippen LogP contribution in [0.4, 0.5) is 0 Å². The summed E-state index contributed by atoms with van der Waals surface area (Å²) < 4.78 is 22.8. The molecular formula is C14H20ClNO3S. The number of benzene rings is 1. The van der Waals surface area contributed by atoms with Gasteiger partial charge in [0.1, 0.15) is 0 Å². The van der Waals surface area contributed by atoms with E-state index in [-0.39, 0.29) is 10.8 Å². The van der Waals surface area contributed by atoms with Crippen LogP contribution in [0.2, 0.25) is 0 Å². The fourth-order valence-corrected chi connectivity index (χ4v) is 2.77. The van der Waals surface area contributed by atoms with E-state index in [2.05, 4.69) is 13.8 Å². The molecule has 0 aliphatic rings. The summed E-state index contributed by atoms with van der Waals surface area (Å²) in [7, 11) is 3.22. The van der Waals surface area contributed by atoms with Gasteiger partial charge in [-0.3, -0.25) is 4.79 Å². The van der Waals surface area contributed by atoms with Gasteiger partial charge in [0.15, 0.2) is 0 Å². The molecule has 0 saturated carbocycles. The molecule has 20 heavy (non-hydrogen) atoms. The zero-order valence-corrected chi connectivity index (χ0v) is 13.8. The van der Waals surface area contributed by atoms with Crippen molar-refractivity contribution in [2.75, 3.05) is 13.6 Å². The molecule has 4 nitrogen and oxygen atoms in total.